The Balaban J connectivity index is 2.58. The highest BCUT2D eigenvalue weighted by Crippen LogP contribution is 2.22. The summed E-state index contributed by atoms with van der Waals surface area (Å²) in [6, 6.07) is 0. The Bertz CT molecular complexity index is 212. The molecule has 14 heavy (non-hydrogen) atoms. The van der Waals surface area contributed by atoms with Crippen molar-refractivity contribution < 1.29 is 9.53 Å². The standard InChI is InChI=1S/C11H21NO2/c1-10(2,3)14-9(13)11(4)7-5-6-8-12-11/h12H,5-8H2,1-4H3/t11-/m1/s1. The molecule has 0 bridgehead atoms. The summed E-state index contributed by atoms with van der Waals surface area (Å²) in [5, 5.41) is 3.24. The van der Waals surface area contributed by atoms with Gasteiger partial charge in [-0.3, -0.25) is 4.79 Å². The van der Waals surface area contributed by atoms with E-state index in [1.807, 2.05) is 27.7 Å². The van der Waals surface area contributed by atoms with Gasteiger partial charge >= 0.3 is 5.97 Å². The molecule has 3 heteroatoms. The summed E-state index contributed by atoms with van der Waals surface area (Å²) in [6.07, 6.45) is 3.13. The monoisotopic (exact) mass is 199 g/mol. The Hall–Kier alpha value is -0.570. The predicted octanol–water partition coefficient (Wildman–Crippen LogP) is 1.86. The first-order chi connectivity index (χ1) is 6.33. The van der Waals surface area contributed by atoms with E-state index >= 15 is 0 Å². The molecule has 1 saturated heterocycles. The maximum atomic E-state index is 11.9. The van der Waals surface area contributed by atoms with E-state index in [4.69, 9.17) is 4.74 Å². The maximum absolute atomic E-state index is 11.9. The number of hydrogen-bond acceptors (Lipinski definition) is 3. The molecule has 0 radical (unpaired) electrons. The third-order valence-electron chi connectivity index (χ3n) is 2.47. The predicted molar refractivity (Wildman–Crippen MR) is 56.1 cm³/mol. The summed E-state index contributed by atoms with van der Waals surface area (Å²) in [5.74, 6) is -0.121. The van der Waals surface area contributed by atoms with Crippen LogP contribution in [-0.4, -0.2) is 23.7 Å². The summed E-state index contributed by atoms with van der Waals surface area (Å²) in [5.41, 5.74) is -0.856. The van der Waals surface area contributed by atoms with E-state index in [-0.39, 0.29) is 11.6 Å². The second-order valence-electron chi connectivity index (χ2n) is 5.22. The second kappa shape index (κ2) is 3.89. The van der Waals surface area contributed by atoms with Crippen molar-refractivity contribution in [3.8, 4) is 0 Å². The van der Waals surface area contributed by atoms with Gasteiger partial charge in [0.05, 0.1) is 0 Å². The zero-order valence-corrected chi connectivity index (χ0v) is 9.64. The van der Waals surface area contributed by atoms with Crippen LogP contribution in [0.5, 0.6) is 0 Å². The number of carbonyl (C=O) groups is 1. The molecule has 1 N–H and O–H groups in total. The Morgan fingerprint density at radius 1 is 1.36 bits per heavy atom. The van der Waals surface area contributed by atoms with Gasteiger partial charge in [-0.15, -0.1) is 0 Å². The van der Waals surface area contributed by atoms with Crippen LogP contribution >= 0.6 is 0 Å². The lowest BCUT2D eigenvalue weighted by atomic mass is 9.91. The van der Waals surface area contributed by atoms with Gasteiger partial charge in [0.15, 0.2) is 0 Å². The SMILES string of the molecule is CC(C)(C)OC(=O)[C@@]1(C)CCCCN1. The molecule has 1 heterocycles. The first-order valence-corrected chi connectivity index (χ1v) is 5.32. The van der Waals surface area contributed by atoms with Crippen molar-refractivity contribution in [1.29, 1.82) is 0 Å². The van der Waals surface area contributed by atoms with Gasteiger partial charge in [0.1, 0.15) is 11.1 Å². The average Bonchev–Trinajstić information content (AvgIpc) is 2.02. The van der Waals surface area contributed by atoms with Gasteiger partial charge in [0.25, 0.3) is 0 Å². The highest BCUT2D eigenvalue weighted by molar-refractivity contribution is 5.80. The van der Waals surface area contributed by atoms with E-state index in [9.17, 15) is 4.79 Å². The second-order valence-corrected chi connectivity index (χ2v) is 5.22. The third-order valence-corrected chi connectivity index (χ3v) is 2.47. The van der Waals surface area contributed by atoms with Crippen molar-refractivity contribution in [2.24, 2.45) is 0 Å². The highest BCUT2D eigenvalue weighted by atomic mass is 16.6. The zero-order chi connectivity index (χ0) is 10.8. The lowest BCUT2D eigenvalue weighted by Crippen LogP contribution is -2.54. The maximum Gasteiger partial charge on any atom is 0.326 e. The van der Waals surface area contributed by atoms with Crippen LogP contribution in [0.25, 0.3) is 0 Å². The smallest absolute Gasteiger partial charge is 0.326 e. The van der Waals surface area contributed by atoms with Crippen LogP contribution in [0.1, 0.15) is 47.0 Å². The Labute approximate surface area is 86.2 Å². The fourth-order valence-corrected chi connectivity index (χ4v) is 1.62. The van der Waals surface area contributed by atoms with Gasteiger partial charge in [-0.1, -0.05) is 0 Å². The minimum absolute atomic E-state index is 0.121. The average molecular weight is 199 g/mol. The molecule has 0 saturated carbocycles. The van der Waals surface area contributed by atoms with Crippen molar-refractivity contribution in [3.05, 3.63) is 0 Å². The zero-order valence-electron chi connectivity index (χ0n) is 9.64. The number of hydrogen-bond donors (Lipinski definition) is 1. The first-order valence-electron chi connectivity index (χ1n) is 5.32. The van der Waals surface area contributed by atoms with Gasteiger partial charge < -0.3 is 10.1 Å². The number of esters is 1. The molecule has 0 aliphatic carbocycles. The van der Waals surface area contributed by atoms with Crippen LogP contribution in [0.4, 0.5) is 0 Å². The molecule has 3 nitrogen and oxygen atoms in total. The molecular weight excluding hydrogens is 178 g/mol. The first kappa shape index (κ1) is 11.5. The van der Waals surface area contributed by atoms with Crippen LogP contribution in [-0.2, 0) is 9.53 Å². The summed E-state index contributed by atoms with van der Waals surface area (Å²) in [4.78, 5) is 11.9. The molecule has 0 unspecified atom stereocenters. The Morgan fingerprint density at radius 3 is 2.43 bits per heavy atom. The molecule has 0 amide bonds. The molecule has 1 fully saturated rings. The molecule has 1 atom stereocenters. The highest BCUT2D eigenvalue weighted by Gasteiger charge is 2.37. The summed E-state index contributed by atoms with van der Waals surface area (Å²) >= 11 is 0. The van der Waals surface area contributed by atoms with E-state index < -0.39 is 5.54 Å². The lowest BCUT2D eigenvalue weighted by Gasteiger charge is -2.35. The van der Waals surface area contributed by atoms with Gasteiger partial charge in [0.2, 0.25) is 0 Å². The quantitative estimate of drug-likeness (QED) is 0.655. The largest absolute Gasteiger partial charge is 0.459 e. The van der Waals surface area contributed by atoms with E-state index in [0.717, 1.165) is 25.8 Å². The van der Waals surface area contributed by atoms with Crippen molar-refractivity contribution in [2.45, 2.75) is 58.1 Å². The Kier molecular flexibility index (Phi) is 3.20. The van der Waals surface area contributed by atoms with E-state index in [0.29, 0.717) is 0 Å². The van der Waals surface area contributed by atoms with Gasteiger partial charge in [-0.25, -0.2) is 0 Å². The van der Waals surface area contributed by atoms with E-state index in [1.165, 1.54) is 0 Å². The number of carbonyl (C=O) groups excluding carboxylic acids is 1. The van der Waals surface area contributed by atoms with Gasteiger partial charge in [0, 0.05) is 0 Å². The number of rotatable bonds is 1. The van der Waals surface area contributed by atoms with Gasteiger partial charge in [-0.2, -0.15) is 0 Å². The van der Waals surface area contributed by atoms with Crippen molar-refractivity contribution in [1.82, 2.24) is 5.32 Å². The molecule has 0 aromatic rings. The third kappa shape index (κ3) is 2.98. The van der Waals surface area contributed by atoms with Crippen LogP contribution < -0.4 is 5.32 Å². The summed E-state index contributed by atoms with van der Waals surface area (Å²) < 4.78 is 5.38. The van der Waals surface area contributed by atoms with Crippen LogP contribution in [0.15, 0.2) is 0 Å². The molecule has 1 aliphatic heterocycles. The van der Waals surface area contributed by atoms with Crippen LogP contribution in [0, 0.1) is 0 Å². The fourth-order valence-electron chi connectivity index (χ4n) is 1.62. The van der Waals surface area contributed by atoms with Crippen LogP contribution in [0.3, 0.4) is 0 Å². The van der Waals surface area contributed by atoms with Crippen molar-refractivity contribution in [3.63, 3.8) is 0 Å². The minimum atomic E-state index is -0.467. The lowest BCUT2D eigenvalue weighted by molar-refractivity contribution is -0.163. The topological polar surface area (TPSA) is 38.3 Å². The number of nitrogens with one attached hydrogen (secondary N) is 1. The summed E-state index contributed by atoms with van der Waals surface area (Å²) in [7, 11) is 0. The van der Waals surface area contributed by atoms with Crippen LogP contribution in [0.2, 0.25) is 0 Å². The van der Waals surface area contributed by atoms with E-state index in [2.05, 4.69) is 5.32 Å². The molecular formula is C11H21NO2. The van der Waals surface area contributed by atoms with Crippen molar-refractivity contribution in [2.75, 3.05) is 6.54 Å². The molecule has 82 valence electrons. The molecule has 1 rings (SSSR count). The normalized spacial score (nSPS) is 28.6. The number of ether oxygens (including phenoxy) is 1. The molecule has 0 spiro atoms. The minimum Gasteiger partial charge on any atom is -0.459 e. The fraction of sp³-hybridized carbons (Fsp3) is 0.909. The van der Waals surface area contributed by atoms with E-state index in [1.54, 1.807) is 0 Å². The van der Waals surface area contributed by atoms with Crippen molar-refractivity contribution >= 4 is 5.97 Å². The molecule has 0 aromatic heterocycles. The van der Waals surface area contributed by atoms with Gasteiger partial charge in [-0.05, 0) is 53.5 Å². The Morgan fingerprint density at radius 2 is 2.00 bits per heavy atom. The molecule has 0 aromatic carbocycles. The number of piperidine rings is 1. The summed E-state index contributed by atoms with van der Waals surface area (Å²) in [6.45, 7) is 8.54. The molecule has 1 aliphatic rings.